The van der Waals surface area contributed by atoms with E-state index in [4.69, 9.17) is 0 Å². The first kappa shape index (κ1) is 17.0. The number of carbonyl (C=O) groups excluding carboxylic acids is 1. The van der Waals surface area contributed by atoms with Gasteiger partial charge in [0.1, 0.15) is 6.54 Å². The molecule has 1 spiro atoms. The molecule has 0 radical (unpaired) electrons. The highest BCUT2D eigenvalue weighted by Crippen LogP contribution is 2.36. The molecular formula is C17H24N6O3. The van der Waals surface area contributed by atoms with E-state index in [0.717, 1.165) is 43.6 Å². The van der Waals surface area contributed by atoms with E-state index in [2.05, 4.69) is 10.3 Å². The van der Waals surface area contributed by atoms with Gasteiger partial charge in [-0.05, 0) is 31.2 Å². The Morgan fingerprint density at radius 2 is 1.92 bits per heavy atom. The summed E-state index contributed by atoms with van der Waals surface area (Å²) < 4.78 is 3.93. The van der Waals surface area contributed by atoms with Crippen molar-refractivity contribution in [3.63, 3.8) is 0 Å². The average molecular weight is 360 g/mol. The van der Waals surface area contributed by atoms with Crippen molar-refractivity contribution in [2.45, 2.75) is 25.8 Å². The predicted octanol–water partition coefficient (Wildman–Crippen LogP) is -0.964. The second-order valence-electron chi connectivity index (χ2n) is 7.56. The number of rotatable bonds is 2. The highest BCUT2D eigenvalue weighted by atomic mass is 16.2. The molecule has 26 heavy (non-hydrogen) atoms. The van der Waals surface area contributed by atoms with Crippen LogP contribution in [0.25, 0.3) is 11.2 Å². The van der Waals surface area contributed by atoms with Crippen LogP contribution in [0.2, 0.25) is 0 Å². The lowest BCUT2D eigenvalue weighted by molar-refractivity contribution is -0.133. The molecule has 0 aromatic carbocycles. The first-order valence-corrected chi connectivity index (χ1v) is 9.01. The Morgan fingerprint density at radius 1 is 1.19 bits per heavy atom. The lowest BCUT2D eigenvalue weighted by Crippen LogP contribution is -2.45. The van der Waals surface area contributed by atoms with Gasteiger partial charge in [0.15, 0.2) is 11.2 Å². The van der Waals surface area contributed by atoms with E-state index < -0.39 is 11.2 Å². The summed E-state index contributed by atoms with van der Waals surface area (Å²) in [6.45, 7) is 3.69. The second kappa shape index (κ2) is 6.08. The van der Waals surface area contributed by atoms with E-state index in [1.54, 1.807) is 11.6 Å². The number of likely N-dealkylation sites (tertiary alicyclic amines) is 1. The van der Waals surface area contributed by atoms with Crippen molar-refractivity contribution in [1.82, 2.24) is 28.9 Å². The Bertz CT molecular complexity index is 969. The molecule has 2 fully saturated rings. The van der Waals surface area contributed by atoms with Crippen molar-refractivity contribution in [3.8, 4) is 0 Å². The van der Waals surface area contributed by atoms with E-state index in [-0.39, 0.29) is 18.0 Å². The van der Waals surface area contributed by atoms with Gasteiger partial charge < -0.3 is 14.8 Å². The van der Waals surface area contributed by atoms with E-state index in [1.807, 2.05) is 4.90 Å². The Balaban J connectivity index is 1.55. The molecule has 1 N–H and O–H groups in total. The summed E-state index contributed by atoms with van der Waals surface area (Å²) in [5.41, 5.74) is 0.0951. The molecule has 2 aromatic rings. The van der Waals surface area contributed by atoms with E-state index in [0.29, 0.717) is 11.1 Å². The van der Waals surface area contributed by atoms with Crippen molar-refractivity contribution in [1.29, 1.82) is 0 Å². The summed E-state index contributed by atoms with van der Waals surface area (Å²) in [7, 11) is 3.01. The minimum absolute atomic E-state index is 0.0130. The van der Waals surface area contributed by atoms with Crippen LogP contribution >= 0.6 is 0 Å². The van der Waals surface area contributed by atoms with Crippen LogP contribution in [0, 0.1) is 5.41 Å². The van der Waals surface area contributed by atoms with Gasteiger partial charge >= 0.3 is 5.69 Å². The normalized spacial score (nSPS) is 19.5. The van der Waals surface area contributed by atoms with Gasteiger partial charge in [0.25, 0.3) is 5.56 Å². The third-order valence-corrected chi connectivity index (χ3v) is 6.03. The summed E-state index contributed by atoms with van der Waals surface area (Å²) >= 11 is 0. The number of fused-ring (bicyclic) bond motifs is 1. The van der Waals surface area contributed by atoms with Gasteiger partial charge in [0.05, 0.1) is 6.33 Å². The molecule has 2 saturated heterocycles. The summed E-state index contributed by atoms with van der Waals surface area (Å²) in [6, 6.07) is 0. The van der Waals surface area contributed by atoms with Crippen LogP contribution in [0.5, 0.6) is 0 Å². The molecule has 4 rings (SSSR count). The molecule has 0 bridgehead atoms. The molecule has 1 amide bonds. The smallest absolute Gasteiger partial charge is 0.332 e. The number of hydrogen-bond donors (Lipinski definition) is 1. The second-order valence-corrected chi connectivity index (χ2v) is 7.56. The fourth-order valence-corrected chi connectivity index (χ4v) is 4.22. The van der Waals surface area contributed by atoms with Crippen LogP contribution in [0.3, 0.4) is 0 Å². The molecule has 2 aliphatic rings. The van der Waals surface area contributed by atoms with Gasteiger partial charge in [-0.3, -0.25) is 18.7 Å². The molecule has 2 aliphatic heterocycles. The predicted molar refractivity (Wildman–Crippen MR) is 95.9 cm³/mol. The molecule has 4 heterocycles. The van der Waals surface area contributed by atoms with E-state index >= 15 is 0 Å². The maximum atomic E-state index is 12.7. The topological polar surface area (TPSA) is 94.2 Å². The Kier molecular flexibility index (Phi) is 3.98. The van der Waals surface area contributed by atoms with Gasteiger partial charge in [0, 0.05) is 33.7 Å². The molecule has 0 saturated carbocycles. The molecule has 0 unspecified atom stereocenters. The molecule has 9 nitrogen and oxygen atoms in total. The zero-order chi connectivity index (χ0) is 18.5. The van der Waals surface area contributed by atoms with Crippen molar-refractivity contribution < 1.29 is 4.79 Å². The van der Waals surface area contributed by atoms with Crippen molar-refractivity contribution >= 4 is 17.1 Å². The lowest BCUT2D eigenvalue weighted by Gasteiger charge is -2.38. The van der Waals surface area contributed by atoms with Crippen molar-refractivity contribution in [3.05, 3.63) is 27.2 Å². The maximum absolute atomic E-state index is 12.7. The zero-order valence-electron chi connectivity index (χ0n) is 15.2. The van der Waals surface area contributed by atoms with Crippen LogP contribution in [-0.4, -0.2) is 55.7 Å². The number of carbonyl (C=O) groups is 1. The standard InChI is InChI=1S/C17H24N6O3/c1-20-14-13(15(25)21(2)16(20)26)23(11-19-14)9-12(24)22-7-4-17(5-8-22)3-6-18-10-17/h11,18H,3-10H2,1-2H3. The summed E-state index contributed by atoms with van der Waals surface area (Å²) in [4.78, 5) is 43.3. The number of nitrogens with zero attached hydrogens (tertiary/aromatic N) is 5. The molecule has 140 valence electrons. The molecule has 2 aromatic heterocycles. The summed E-state index contributed by atoms with van der Waals surface area (Å²) in [6.07, 6.45) is 4.69. The SMILES string of the molecule is Cn1c(=O)c2c(ncn2CC(=O)N2CCC3(CCNC3)CC2)n(C)c1=O. The number of amides is 1. The fraction of sp³-hybridized carbons (Fsp3) is 0.647. The van der Waals surface area contributed by atoms with E-state index in [1.165, 1.54) is 24.4 Å². The number of imidazole rings is 1. The van der Waals surface area contributed by atoms with Crippen LogP contribution in [0.1, 0.15) is 19.3 Å². The largest absolute Gasteiger partial charge is 0.341 e. The first-order valence-electron chi connectivity index (χ1n) is 9.01. The molecule has 0 aliphatic carbocycles. The minimum atomic E-state index is -0.428. The number of aromatic nitrogens is 4. The van der Waals surface area contributed by atoms with Gasteiger partial charge in [-0.2, -0.15) is 0 Å². The Labute approximate surface area is 150 Å². The quantitative estimate of drug-likeness (QED) is 0.744. The van der Waals surface area contributed by atoms with Crippen LogP contribution in [-0.2, 0) is 25.4 Å². The van der Waals surface area contributed by atoms with Gasteiger partial charge in [-0.25, -0.2) is 9.78 Å². The zero-order valence-corrected chi connectivity index (χ0v) is 15.2. The van der Waals surface area contributed by atoms with Gasteiger partial charge in [-0.1, -0.05) is 0 Å². The summed E-state index contributed by atoms with van der Waals surface area (Å²) in [5, 5.41) is 3.42. The maximum Gasteiger partial charge on any atom is 0.332 e. The van der Waals surface area contributed by atoms with Crippen molar-refractivity contribution in [2.75, 3.05) is 26.2 Å². The van der Waals surface area contributed by atoms with Crippen LogP contribution in [0.15, 0.2) is 15.9 Å². The number of aryl methyl sites for hydroxylation is 1. The first-order chi connectivity index (χ1) is 12.4. The third-order valence-electron chi connectivity index (χ3n) is 6.03. The van der Waals surface area contributed by atoms with Crippen molar-refractivity contribution in [2.24, 2.45) is 19.5 Å². The number of hydrogen-bond acceptors (Lipinski definition) is 5. The average Bonchev–Trinajstić information content (AvgIpc) is 3.26. The third kappa shape index (κ3) is 2.57. The fourth-order valence-electron chi connectivity index (χ4n) is 4.22. The Hall–Kier alpha value is -2.42. The van der Waals surface area contributed by atoms with Gasteiger partial charge in [-0.15, -0.1) is 0 Å². The van der Waals surface area contributed by atoms with Crippen LogP contribution in [0.4, 0.5) is 0 Å². The lowest BCUT2D eigenvalue weighted by atomic mass is 9.78. The summed E-state index contributed by atoms with van der Waals surface area (Å²) in [5.74, 6) is -0.0130. The molecule has 9 heteroatoms. The van der Waals surface area contributed by atoms with Crippen LogP contribution < -0.4 is 16.6 Å². The highest BCUT2D eigenvalue weighted by molar-refractivity contribution is 5.79. The monoisotopic (exact) mass is 360 g/mol. The highest BCUT2D eigenvalue weighted by Gasteiger charge is 2.38. The molecular weight excluding hydrogens is 336 g/mol. The Morgan fingerprint density at radius 3 is 2.58 bits per heavy atom. The van der Waals surface area contributed by atoms with Gasteiger partial charge in [0.2, 0.25) is 5.91 Å². The van der Waals surface area contributed by atoms with E-state index in [9.17, 15) is 14.4 Å². The molecule has 0 atom stereocenters. The number of nitrogens with one attached hydrogen (secondary N) is 1. The minimum Gasteiger partial charge on any atom is -0.341 e. The number of piperidine rings is 1.